The molecule has 1 heterocycles. The highest BCUT2D eigenvalue weighted by Crippen LogP contribution is 2.38. The van der Waals surface area contributed by atoms with E-state index in [2.05, 4.69) is 60.9 Å². The minimum Gasteiger partial charge on any atom is -0.298 e. The molecule has 3 rings (SSSR count). The first-order valence-corrected chi connectivity index (χ1v) is 11.0. The van der Waals surface area contributed by atoms with Crippen molar-refractivity contribution in [1.82, 2.24) is 4.90 Å². The molecule has 1 aliphatic carbocycles. The molecule has 0 saturated carbocycles. The summed E-state index contributed by atoms with van der Waals surface area (Å²) in [6.45, 7) is 9.78. The molecule has 0 amide bonds. The molecule has 0 radical (unpaired) electrons. The van der Waals surface area contributed by atoms with Gasteiger partial charge in [-0.25, -0.2) is 0 Å². The number of nitrogens with zero attached hydrogens (tertiary/aromatic N) is 1. The highest BCUT2D eigenvalue weighted by Gasteiger charge is 2.45. The lowest BCUT2D eigenvalue weighted by atomic mass is 9.99. The third-order valence-electron chi connectivity index (χ3n) is 4.48. The zero-order chi connectivity index (χ0) is 14.3. The van der Waals surface area contributed by atoms with Crippen LogP contribution in [0.5, 0.6) is 0 Å². The van der Waals surface area contributed by atoms with E-state index < -0.39 is 8.07 Å². The average molecular weight is 285 g/mol. The van der Waals surface area contributed by atoms with Crippen LogP contribution in [0.2, 0.25) is 19.6 Å². The lowest BCUT2D eigenvalue weighted by Crippen LogP contribution is -2.32. The van der Waals surface area contributed by atoms with Crippen LogP contribution in [-0.2, 0) is 11.3 Å². The van der Waals surface area contributed by atoms with E-state index in [0.717, 1.165) is 19.6 Å². The van der Waals surface area contributed by atoms with Crippen molar-refractivity contribution in [2.24, 2.45) is 11.8 Å². The molecule has 1 aliphatic heterocycles. The Morgan fingerprint density at radius 2 is 1.85 bits per heavy atom. The molecule has 0 unspecified atom stereocenters. The third kappa shape index (κ3) is 2.52. The summed E-state index contributed by atoms with van der Waals surface area (Å²) in [7, 11) is -1.46. The van der Waals surface area contributed by atoms with Gasteiger partial charge in [0.1, 0.15) is 0 Å². The van der Waals surface area contributed by atoms with E-state index in [9.17, 15) is 4.79 Å². The van der Waals surface area contributed by atoms with Gasteiger partial charge in [-0.3, -0.25) is 9.69 Å². The first kappa shape index (κ1) is 13.8. The van der Waals surface area contributed by atoms with Crippen LogP contribution in [0.15, 0.2) is 41.6 Å². The van der Waals surface area contributed by atoms with Gasteiger partial charge >= 0.3 is 0 Å². The van der Waals surface area contributed by atoms with Gasteiger partial charge in [-0.05, 0) is 10.8 Å². The normalized spacial score (nSPS) is 26.8. The molecule has 0 spiro atoms. The Kier molecular flexibility index (Phi) is 3.42. The lowest BCUT2D eigenvalue weighted by Gasteiger charge is -2.20. The van der Waals surface area contributed by atoms with E-state index in [1.54, 1.807) is 0 Å². The van der Waals surface area contributed by atoms with Gasteiger partial charge in [-0.2, -0.15) is 0 Å². The average Bonchev–Trinajstić information content (AvgIpc) is 2.90. The van der Waals surface area contributed by atoms with Crippen molar-refractivity contribution in [2.75, 3.05) is 13.1 Å². The zero-order valence-electron chi connectivity index (χ0n) is 12.6. The molecule has 0 bridgehead atoms. The number of fused-ring (bicyclic) bond motifs is 1. The molecule has 0 N–H and O–H groups in total. The minimum atomic E-state index is -1.46. The molecule has 2 nitrogen and oxygen atoms in total. The number of rotatable bonds is 3. The molecule has 3 heteroatoms. The second-order valence-corrected chi connectivity index (χ2v) is 12.2. The van der Waals surface area contributed by atoms with Gasteiger partial charge in [0.15, 0.2) is 5.78 Å². The Hall–Kier alpha value is -1.19. The first-order valence-electron chi connectivity index (χ1n) is 7.48. The van der Waals surface area contributed by atoms with Gasteiger partial charge < -0.3 is 0 Å². The summed E-state index contributed by atoms with van der Waals surface area (Å²) in [4.78, 5) is 15.0. The fourth-order valence-corrected chi connectivity index (χ4v) is 5.08. The Morgan fingerprint density at radius 1 is 1.15 bits per heavy atom. The molecule has 106 valence electrons. The number of ketones is 1. The maximum absolute atomic E-state index is 12.6. The third-order valence-corrected chi connectivity index (χ3v) is 6.51. The number of carbonyl (C=O) groups is 1. The van der Waals surface area contributed by atoms with E-state index in [0.29, 0.717) is 11.7 Å². The number of benzene rings is 1. The van der Waals surface area contributed by atoms with Crippen molar-refractivity contribution in [1.29, 1.82) is 0 Å². The predicted octanol–water partition coefficient (Wildman–Crippen LogP) is 3.12. The molecule has 1 aromatic carbocycles. The number of allylic oxidation sites excluding steroid dienone is 1. The van der Waals surface area contributed by atoms with Crippen molar-refractivity contribution in [3.8, 4) is 0 Å². The predicted molar refractivity (Wildman–Crippen MR) is 85.1 cm³/mol. The summed E-state index contributed by atoms with van der Waals surface area (Å²) in [5, 5.41) is 1.19. The molecule has 1 fully saturated rings. The van der Waals surface area contributed by atoms with Crippen LogP contribution in [0, 0.1) is 11.8 Å². The monoisotopic (exact) mass is 285 g/mol. The van der Waals surface area contributed by atoms with Crippen LogP contribution in [0.25, 0.3) is 0 Å². The van der Waals surface area contributed by atoms with E-state index >= 15 is 0 Å². The smallest absolute Gasteiger partial charge is 0.159 e. The Labute approximate surface area is 122 Å². The van der Waals surface area contributed by atoms with Gasteiger partial charge in [0, 0.05) is 31.5 Å². The molecule has 1 saturated heterocycles. The summed E-state index contributed by atoms with van der Waals surface area (Å²) in [5.74, 6) is 1.15. The maximum atomic E-state index is 12.6. The second kappa shape index (κ2) is 4.97. The molecule has 20 heavy (non-hydrogen) atoms. The molecule has 2 atom stereocenters. The van der Waals surface area contributed by atoms with Gasteiger partial charge in [0.05, 0.1) is 8.07 Å². The SMILES string of the molecule is C[Si](C)(C)C1=C[C@H]2CN(Cc3ccccc3)C[C@H]2C1=O. The largest absolute Gasteiger partial charge is 0.298 e. The number of likely N-dealkylation sites (tertiary alicyclic amines) is 1. The highest BCUT2D eigenvalue weighted by molar-refractivity contribution is 6.87. The van der Waals surface area contributed by atoms with E-state index in [1.165, 1.54) is 10.8 Å². The fraction of sp³-hybridized carbons (Fsp3) is 0.471. The van der Waals surface area contributed by atoms with Crippen molar-refractivity contribution in [3.05, 3.63) is 47.2 Å². The molecular formula is C17H23NOSi. The summed E-state index contributed by atoms with van der Waals surface area (Å²) >= 11 is 0. The van der Waals surface area contributed by atoms with Crippen molar-refractivity contribution >= 4 is 13.9 Å². The van der Waals surface area contributed by atoms with Crippen molar-refractivity contribution < 1.29 is 4.79 Å². The zero-order valence-corrected chi connectivity index (χ0v) is 13.6. The van der Waals surface area contributed by atoms with Crippen LogP contribution < -0.4 is 0 Å². The molecule has 1 aromatic rings. The first-order chi connectivity index (χ1) is 9.45. The quantitative estimate of drug-likeness (QED) is 0.795. The standard InChI is InChI=1S/C17H23NOSi/c1-20(2,3)16-9-14-11-18(12-15(14)17(16)19)10-13-7-5-4-6-8-13/h4-9,14-15H,10-12H2,1-3H3/t14-,15+/m0/s1. The van der Waals surface area contributed by atoms with Crippen molar-refractivity contribution in [3.63, 3.8) is 0 Å². The van der Waals surface area contributed by atoms with Crippen LogP contribution in [0.1, 0.15) is 5.56 Å². The van der Waals surface area contributed by atoms with E-state index in [4.69, 9.17) is 0 Å². The topological polar surface area (TPSA) is 20.3 Å². The Bertz CT molecular complexity index is 544. The maximum Gasteiger partial charge on any atom is 0.159 e. The van der Waals surface area contributed by atoms with Gasteiger partial charge in [-0.1, -0.05) is 56.0 Å². The number of hydrogen-bond acceptors (Lipinski definition) is 2. The van der Waals surface area contributed by atoms with Crippen LogP contribution in [0.4, 0.5) is 0 Å². The minimum absolute atomic E-state index is 0.237. The number of carbonyl (C=O) groups excluding carboxylic acids is 1. The lowest BCUT2D eigenvalue weighted by molar-refractivity contribution is -0.118. The van der Waals surface area contributed by atoms with Gasteiger partial charge in [0.2, 0.25) is 0 Å². The molecular weight excluding hydrogens is 262 g/mol. The number of Topliss-reactive ketones (excluding diaryl/α,β-unsaturated/α-hetero) is 1. The van der Waals surface area contributed by atoms with Gasteiger partial charge in [0.25, 0.3) is 0 Å². The Morgan fingerprint density at radius 3 is 2.45 bits per heavy atom. The number of hydrogen-bond donors (Lipinski definition) is 0. The van der Waals surface area contributed by atoms with Crippen LogP contribution >= 0.6 is 0 Å². The van der Waals surface area contributed by atoms with Crippen LogP contribution in [-0.4, -0.2) is 31.8 Å². The summed E-state index contributed by atoms with van der Waals surface area (Å²) < 4.78 is 0. The molecule has 0 aromatic heterocycles. The second-order valence-electron chi connectivity index (χ2n) is 7.14. The van der Waals surface area contributed by atoms with E-state index in [-0.39, 0.29) is 5.92 Å². The van der Waals surface area contributed by atoms with Crippen LogP contribution in [0.3, 0.4) is 0 Å². The summed E-state index contributed by atoms with van der Waals surface area (Å²) in [6, 6.07) is 10.6. The summed E-state index contributed by atoms with van der Waals surface area (Å²) in [6.07, 6.45) is 2.31. The van der Waals surface area contributed by atoms with Gasteiger partial charge in [-0.15, -0.1) is 0 Å². The molecule has 2 aliphatic rings. The van der Waals surface area contributed by atoms with E-state index in [1.807, 2.05) is 0 Å². The Balaban J connectivity index is 1.70. The summed E-state index contributed by atoms with van der Waals surface area (Å²) in [5.41, 5.74) is 1.34. The highest BCUT2D eigenvalue weighted by atomic mass is 28.3. The fourth-order valence-electron chi connectivity index (χ4n) is 3.45. The van der Waals surface area contributed by atoms with Crippen molar-refractivity contribution in [2.45, 2.75) is 26.2 Å².